The van der Waals surface area contributed by atoms with Crippen molar-refractivity contribution < 1.29 is 17.6 Å². The average Bonchev–Trinajstić information content (AvgIpc) is 2.20. The molecule has 0 heterocycles. The molecule has 0 aliphatic carbocycles. The van der Waals surface area contributed by atoms with Gasteiger partial charge in [-0.2, -0.15) is 18.4 Å². The van der Waals surface area contributed by atoms with Crippen LogP contribution in [0.5, 0.6) is 0 Å². The zero-order chi connectivity index (χ0) is 12.3. The Morgan fingerprint density at radius 1 is 1.38 bits per heavy atom. The number of halogens is 4. The van der Waals surface area contributed by atoms with E-state index >= 15 is 0 Å². The van der Waals surface area contributed by atoms with Crippen LogP contribution in [0.4, 0.5) is 17.6 Å². The highest BCUT2D eigenvalue weighted by atomic mass is 19.4. The summed E-state index contributed by atoms with van der Waals surface area (Å²) in [5.41, 5.74) is -1.03. The van der Waals surface area contributed by atoms with Gasteiger partial charge in [0.1, 0.15) is 5.82 Å². The fourth-order valence-electron chi connectivity index (χ4n) is 1.37. The molecule has 1 unspecified atom stereocenters. The molecule has 0 bridgehead atoms. The van der Waals surface area contributed by atoms with Crippen LogP contribution < -0.4 is 0 Å². The summed E-state index contributed by atoms with van der Waals surface area (Å²) < 4.78 is 50.1. The van der Waals surface area contributed by atoms with Crippen molar-refractivity contribution in [2.24, 2.45) is 0 Å². The maximum atomic E-state index is 13.4. The second kappa shape index (κ2) is 4.52. The van der Waals surface area contributed by atoms with E-state index in [0.29, 0.717) is 12.5 Å². The van der Waals surface area contributed by atoms with Gasteiger partial charge in [-0.25, -0.2) is 4.39 Å². The largest absolute Gasteiger partial charge is 0.416 e. The maximum absolute atomic E-state index is 13.4. The Morgan fingerprint density at radius 2 is 2.00 bits per heavy atom. The molecule has 1 atom stereocenters. The first-order valence-corrected chi connectivity index (χ1v) is 4.66. The van der Waals surface area contributed by atoms with Crippen molar-refractivity contribution in [2.75, 3.05) is 0 Å². The van der Waals surface area contributed by atoms with Crippen LogP contribution in [-0.4, -0.2) is 0 Å². The van der Waals surface area contributed by atoms with E-state index in [1.54, 1.807) is 6.92 Å². The first-order valence-electron chi connectivity index (χ1n) is 4.66. The summed E-state index contributed by atoms with van der Waals surface area (Å²) in [7, 11) is 0. The van der Waals surface area contributed by atoms with Gasteiger partial charge in [-0.15, -0.1) is 0 Å². The van der Waals surface area contributed by atoms with Crippen molar-refractivity contribution in [3.63, 3.8) is 0 Å². The van der Waals surface area contributed by atoms with Gasteiger partial charge in [-0.1, -0.05) is 13.0 Å². The third-order valence-electron chi connectivity index (χ3n) is 2.27. The Balaban J connectivity index is 3.15. The Morgan fingerprint density at radius 3 is 2.38 bits per heavy atom. The van der Waals surface area contributed by atoms with E-state index in [1.165, 1.54) is 0 Å². The van der Waals surface area contributed by atoms with Crippen molar-refractivity contribution >= 4 is 0 Å². The van der Waals surface area contributed by atoms with E-state index in [9.17, 15) is 17.6 Å². The molecule has 1 aromatic carbocycles. The molecular formula is C11H9F4N. The topological polar surface area (TPSA) is 23.8 Å². The molecule has 1 rings (SSSR count). The second-order valence-corrected chi connectivity index (χ2v) is 3.32. The predicted molar refractivity (Wildman–Crippen MR) is 50.0 cm³/mol. The molecule has 0 aliphatic rings. The standard InChI is InChI=1S/C11H9F4N/c1-2-7(6-16)9-4-3-8(5-10(9)12)11(13,14)15/h3-5,7H,2H2,1H3. The Bertz CT molecular complexity index is 417. The fraction of sp³-hybridized carbons (Fsp3) is 0.364. The van der Waals surface area contributed by atoms with Crippen molar-refractivity contribution in [3.05, 3.63) is 35.1 Å². The summed E-state index contributed by atoms with van der Waals surface area (Å²) in [5.74, 6) is -1.69. The number of hydrogen-bond acceptors (Lipinski definition) is 1. The molecular weight excluding hydrogens is 222 g/mol. The lowest BCUT2D eigenvalue weighted by Gasteiger charge is -2.11. The van der Waals surface area contributed by atoms with Gasteiger partial charge in [0.25, 0.3) is 0 Å². The van der Waals surface area contributed by atoms with Crippen molar-refractivity contribution in [1.29, 1.82) is 5.26 Å². The van der Waals surface area contributed by atoms with Crippen LogP contribution in [0.15, 0.2) is 18.2 Å². The zero-order valence-electron chi connectivity index (χ0n) is 8.48. The third-order valence-corrected chi connectivity index (χ3v) is 2.27. The summed E-state index contributed by atoms with van der Waals surface area (Å²) in [6, 6.07) is 4.09. The van der Waals surface area contributed by atoms with Crippen molar-refractivity contribution in [2.45, 2.75) is 25.4 Å². The van der Waals surface area contributed by atoms with E-state index in [1.807, 2.05) is 6.07 Å². The Hall–Kier alpha value is -1.57. The van der Waals surface area contributed by atoms with Gasteiger partial charge < -0.3 is 0 Å². The molecule has 0 saturated heterocycles. The third kappa shape index (κ3) is 2.51. The second-order valence-electron chi connectivity index (χ2n) is 3.32. The Kier molecular flexibility index (Phi) is 3.53. The summed E-state index contributed by atoms with van der Waals surface area (Å²) in [6.07, 6.45) is -4.20. The molecule has 0 N–H and O–H groups in total. The lowest BCUT2D eigenvalue weighted by Crippen LogP contribution is -2.07. The minimum atomic E-state index is -4.56. The minimum Gasteiger partial charge on any atom is -0.207 e. The van der Waals surface area contributed by atoms with E-state index in [4.69, 9.17) is 5.26 Å². The van der Waals surface area contributed by atoms with E-state index in [2.05, 4.69) is 0 Å². The van der Waals surface area contributed by atoms with Crippen LogP contribution in [0.1, 0.15) is 30.4 Å². The molecule has 5 heteroatoms. The SMILES string of the molecule is CCC(C#N)c1ccc(C(F)(F)F)cc1F. The summed E-state index contributed by atoms with van der Waals surface area (Å²) >= 11 is 0. The van der Waals surface area contributed by atoms with Gasteiger partial charge >= 0.3 is 6.18 Å². The van der Waals surface area contributed by atoms with Crippen LogP contribution in [0, 0.1) is 17.1 Å². The first kappa shape index (κ1) is 12.5. The van der Waals surface area contributed by atoms with Crippen LogP contribution in [0.25, 0.3) is 0 Å². The average molecular weight is 231 g/mol. The fourth-order valence-corrected chi connectivity index (χ4v) is 1.37. The quantitative estimate of drug-likeness (QED) is 0.709. The predicted octanol–water partition coefficient (Wildman–Crippen LogP) is 3.86. The highest BCUT2D eigenvalue weighted by Gasteiger charge is 2.31. The van der Waals surface area contributed by atoms with Gasteiger partial charge in [0.15, 0.2) is 0 Å². The summed E-state index contributed by atoms with van der Waals surface area (Å²) in [4.78, 5) is 0. The molecule has 86 valence electrons. The molecule has 0 aromatic heterocycles. The maximum Gasteiger partial charge on any atom is 0.416 e. The zero-order valence-corrected chi connectivity index (χ0v) is 8.48. The van der Waals surface area contributed by atoms with Gasteiger partial charge in [0.2, 0.25) is 0 Å². The van der Waals surface area contributed by atoms with Crippen LogP contribution in [0.3, 0.4) is 0 Å². The van der Waals surface area contributed by atoms with E-state index in [-0.39, 0.29) is 5.56 Å². The Labute approximate surface area is 90.3 Å². The normalized spacial score (nSPS) is 13.2. The van der Waals surface area contributed by atoms with Gasteiger partial charge in [-0.05, 0) is 18.6 Å². The van der Waals surface area contributed by atoms with Crippen LogP contribution in [0.2, 0.25) is 0 Å². The number of benzene rings is 1. The van der Waals surface area contributed by atoms with Gasteiger partial charge in [0, 0.05) is 5.56 Å². The number of rotatable bonds is 2. The number of nitrogens with zero attached hydrogens (tertiary/aromatic N) is 1. The monoisotopic (exact) mass is 231 g/mol. The molecule has 0 amide bonds. The smallest absolute Gasteiger partial charge is 0.207 e. The lowest BCUT2D eigenvalue weighted by atomic mass is 9.96. The molecule has 0 saturated carbocycles. The molecule has 0 aliphatic heterocycles. The van der Waals surface area contributed by atoms with Crippen LogP contribution >= 0.6 is 0 Å². The first-order chi connectivity index (χ1) is 7.40. The van der Waals surface area contributed by atoms with Crippen LogP contribution in [-0.2, 0) is 6.18 Å². The molecule has 1 nitrogen and oxygen atoms in total. The van der Waals surface area contributed by atoms with Gasteiger partial charge in [0.05, 0.1) is 17.6 Å². The van der Waals surface area contributed by atoms with Crippen molar-refractivity contribution in [3.8, 4) is 6.07 Å². The van der Waals surface area contributed by atoms with E-state index < -0.39 is 23.5 Å². The van der Waals surface area contributed by atoms with E-state index in [0.717, 1.165) is 12.1 Å². The van der Waals surface area contributed by atoms with Gasteiger partial charge in [-0.3, -0.25) is 0 Å². The minimum absolute atomic E-state index is 0.0120. The molecule has 0 fully saturated rings. The highest BCUT2D eigenvalue weighted by molar-refractivity contribution is 5.31. The lowest BCUT2D eigenvalue weighted by molar-refractivity contribution is -0.137. The highest BCUT2D eigenvalue weighted by Crippen LogP contribution is 2.32. The molecule has 0 spiro atoms. The number of alkyl halides is 3. The molecule has 1 aromatic rings. The summed E-state index contributed by atoms with van der Waals surface area (Å²) in [6.45, 7) is 1.67. The van der Waals surface area contributed by atoms with Crippen molar-refractivity contribution in [1.82, 2.24) is 0 Å². The molecule has 16 heavy (non-hydrogen) atoms. The number of nitriles is 1. The molecule has 0 radical (unpaired) electrons. The number of hydrogen-bond donors (Lipinski definition) is 0. The summed E-state index contributed by atoms with van der Waals surface area (Å²) in [5, 5.41) is 8.69.